The fraction of sp³-hybridized carbons (Fsp3) is 0.476. The van der Waals surface area contributed by atoms with Crippen LogP contribution in [0.3, 0.4) is 0 Å². The second-order valence-electron chi connectivity index (χ2n) is 7.41. The zero-order valence-electron chi connectivity index (χ0n) is 15.5. The van der Waals surface area contributed by atoms with E-state index in [1.165, 1.54) is 37.8 Å². The van der Waals surface area contributed by atoms with Crippen LogP contribution in [0.2, 0.25) is 5.02 Å². The minimum absolute atomic E-state index is 0. The number of hydrogen-bond acceptors (Lipinski definition) is 3. The lowest BCUT2D eigenvalue weighted by Crippen LogP contribution is -2.50. The van der Waals surface area contributed by atoms with Gasteiger partial charge in [-0.25, -0.2) is 0 Å². The van der Waals surface area contributed by atoms with Gasteiger partial charge in [0.25, 0.3) is 5.56 Å². The highest BCUT2D eigenvalue weighted by molar-refractivity contribution is 6.30. The molecule has 2 fully saturated rings. The molecule has 2 aromatic rings. The summed E-state index contributed by atoms with van der Waals surface area (Å²) in [5.74, 6) is 0. The molecule has 4 nitrogen and oxygen atoms in total. The normalized spacial score (nSPS) is 18.9. The second-order valence-corrected chi connectivity index (χ2v) is 7.82. The van der Waals surface area contributed by atoms with E-state index in [1.807, 2.05) is 6.07 Å². The van der Waals surface area contributed by atoms with Crippen molar-refractivity contribution in [2.45, 2.75) is 38.1 Å². The van der Waals surface area contributed by atoms with Crippen molar-refractivity contribution in [2.24, 2.45) is 0 Å². The average Bonchev–Trinajstić information content (AvgIpc) is 2.71. The van der Waals surface area contributed by atoms with E-state index in [2.05, 4.69) is 39.0 Å². The third kappa shape index (κ3) is 4.68. The first kappa shape index (κ1) is 20.2. The lowest BCUT2D eigenvalue weighted by atomic mass is 9.94. The maximum absolute atomic E-state index is 11.7. The van der Waals surface area contributed by atoms with E-state index in [4.69, 9.17) is 11.6 Å². The molecule has 1 N–H and O–H groups in total. The van der Waals surface area contributed by atoms with Gasteiger partial charge in [0, 0.05) is 43.6 Å². The van der Waals surface area contributed by atoms with Crippen molar-refractivity contribution >= 4 is 29.7 Å². The molecule has 2 heterocycles. The lowest BCUT2D eigenvalue weighted by Gasteiger charge is -2.41. The quantitative estimate of drug-likeness (QED) is 0.809. The first-order chi connectivity index (χ1) is 12.7. The summed E-state index contributed by atoms with van der Waals surface area (Å²) in [7, 11) is 0. The van der Waals surface area contributed by atoms with Gasteiger partial charge in [0.15, 0.2) is 0 Å². The van der Waals surface area contributed by atoms with E-state index in [0.29, 0.717) is 0 Å². The summed E-state index contributed by atoms with van der Waals surface area (Å²) in [6, 6.07) is 12.8. The summed E-state index contributed by atoms with van der Waals surface area (Å²) in [5.41, 5.74) is 2.82. The molecule has 6 heteroatoms. The molecule has 0 amide bonds. The topological polar surface area (TPSA) is 39.3 Å². The van der Waals surface area contributed by atoms with Crippen molar-refractivity contribution in [1.29, 1.82) is 0 Å². The predicted molar refractivity (Wildman–Crippen MR) is 115 cm³/mol. The van der Waals surface area contributed by atoms with Crippen LogP contribution >= 0.6 is 24.0 Å². The van der Waals surface area contributed by atoms with E-state index in [-0.39, 0.29) is 23.0 Å². The number of piperazine rings is 1. The first-order valence-electron chi connectivity index (χ1n) is 9.69. The van der Waals surface area contributed by atoms with E-state index >= 15 is 0 Å². The van der Waals surface area contributed by atoms with Gasteiger partial charge in [-0.2, -0.15) is 0 Å². The fourth-order valence-electron chi connectivity index (χ4n) is 4.27. The van der Waals surface area contributed by atoms with Gasteiger partial charge in [0.2, 0.25) is 0 Å². The summed E-state index contributed by atoms with van der Waals surface area (Å²) in [5, 5.41) is 0.223. The van der Waals surface area contributed by atoms with Crippen LogP contribution in [0.1, 0.15) is 32.1 Å². The molecule has 0 unspecified atom stereocenters. The average molecular weight is 408 g/mol. The number of rotatable bonds is 3. The van der Waals surface area contributed by atoms with Gasteiger partial charge in [-0.15, -0.1) is 12.4 Å². The van der Waals surface area contributed by atoms with Crippen LogP contribution < -0.4 is 10.5 Å². The largest absolute Gasteiger partial charge is 0.369 e. The summed E-state index contributed by atoms with van der Waals surface area (Å²) in [4.78, 5) is 19.7. The van der Waals surface area contributed by atoms with Gasteiger partial charge in [-0.1, -0.05) is 43.0 Å². The SMILES string of the molecule is Cl.O=c1[nH]c(-c2ccc(N3CCN(C4CCCCC4)CC3)cc2)ccc1Cl. The summed E-state index contributed by atoms with van der Waals surface area (Å²) < 4.78 is 0. The number of nitrogens with one attached hydrogen (secondary N) is 1. The maximum Gasteiger partial charge on any atom is 0.267 e. The number of benzene rings is 1. The number of aromatic amines is 1. The second kappa shape index (κ2) is 9.13. The Bertz CT molecular complexity index is 792. The Morgan fingerprint density at radius 3 is 2.19 bits per heavy atom. The Morgan fingerprint density at radius 2 is 1.56 bits per heavy atom. The van der Waals surface area contributed by atoms with Gasteiger partial charge in [0.05, 0.1) is 0 Å². The Labute approximate surface area is 171 Å². The standard InChI is InChI=1S/C21H26ClN3O.ClH/c22-19-10-11-20(23-21(19)26)16-6-8-18(9-7-16)25-14-12-24(13-15-25)17-4-2-1-3-5-17;/h6-11,17H,1-5,12-15H2,(H,23,26);1H. The van der Waals surface area contributed by atoms with Crippen molar-refractivity contribution in [3.8, 4) is 11.3 Å². The van der Waals surface area contributed by atoms with Crippen molar-refractivity contribution in [3.63, 3.8) is 0 Å². The Balaban J connectivity index is 0.00000210. The van der Waals surface area contributed by atoms with Gasteiger partial charge in [-0.05, 0) is 42.7 Å². The summed E-state index contributed by atoms with van der Waals surface area (Å²) in [6.45, 7) is 4.51. The molecule has 27 heavy (non-hydrogen) atoms. The van der Waals surface area contributed by atoms with E-state index < -0.39 is 0 Å². The van der Waals surface area contributed by atoms with E-state index in [0.717, 1.165) is 43.5 Å². The number of hydrogen-bond donors (Lipinski definition) is 1. The third-order valence-corrected chi connectivity index (χ3v) is 6.11. The Kier molecular flexibility index (Phi) is 6.85. The third-order valence-electron chi connectivity index (χ3n) is 5.81. The maximum atomic E-state index is 11.7. The molecule has 0 radical (unpaired) electrons. The molecular formula is C21H27Cl2N3O. The molecular weight excluding hydrogens is 381 g/mol. The molecule has 4 rings (SSSR count). The monoisotopic (exact) mass is 407 g/mol. The molecule has 0 spiro atoms. The number of pyridine rings is 1. The highest BCUT2D eigenvalue weighted by Crippen LogP contribution is 2.26. The van der Waals surface area contributed by atoms with Crippen molar-refractivity contribution in [2.75, 3.05) is 31.1 Å². The number of anilines is 1. The van der Waals surface area contributed by atoms with Crippen LogP contribution in [0.4, 0.5) is 5.69 Å². The lowest BCUT2D eigenvalue weighted by molar-refractivity contribution is 0.148. The van der Waals surface area contributed by atoms with Gasteiger partial charge in [-0.3, -0.25) is 9.69 Å². The highest BCUT2D eigenvalue weighted by Gasteiger charge is 2.25. The van der Waals surface area contributed by atoms with Crippen LogP contribution in [-0.2, 0) is 0 Å². The molecule has 0 bridgehead atoms. The minimum Gasteiger partial charge on any atom is -0.369 e. The molecule has 146 valence electrons. The van der Waals surface area contributed by atoms with Gasteiger partial charge < -0.3 is 9.88 Å². The van der Waals surface area contributed by atoms with Crippen LogP contribution in [-0.4, -0.2) is 42.1 Å². The van der Waals surface area contributed by atoms with Crippen molar-refractivity contribution in [3.05, 3.63) is 51.8 Å². The zero-order valence-corrected chi connectivity index (χ0v) is 17.1. The molecule has 1 aliphatic carbocycles. The Hall–Kier alpha value is -1.49. The first-order valence-corrected chi connectivity index (χ1v) is 10.1. The van der Waals surface area contributed by atoms with Crippen molar-refractivity contribution < 1.29 is 0 Å². The Morgan fingerprint density at radius 1 is 0.889 bits per heavy atom. The van der Waals surface area contributed by atoms with E-state index in [9.17, 15) is 4.79 Å². The van der Waals surface area contributed by atoms with Gasteiger partial charge >= 0.3 is 0 Å². The molecule has 2 aliphatic rings. The molecule has 1 saturated heterocycles. The highest BCUT2D eigenvalue weighted by atomic mass is 35.5. The summed E-state index contributed by atoms with van der Waals surface area (Å²) >= 11 is 5.81. The summed E-state index contributed by atoms with van der Waals surface area (Å²) in [6.07, 6.45) is 6.99. The van der Waals surface area contributed by atoms with Crippen LogP contribution in [0.25, 0.3) is 11.3 Å². The number of aromatic nitrogens is 1. The van der Waals surface area contributed by atoms with Gasteiger partial charge in [0.1, 0.15) is 5.02 Å². The number of H-pyrrole nitrogens is 1. The van der Waals surface area contributed by atoms with Crippen LogP contribution in [0, 0.1) is 0 Å². The smallest absolute Gasteiger partial charge is 0.267 e. The van der Waals surface area contributed by atoms with Crippen LogP contribution in [0.15, 0.2) is 41.2 Å². The molecule has 1 aromatic carbocycles. The predicted octanol–water partition coefficient (Wildman–Crippen LogP) is 4.57. The van der Waals surface area contributed by atoms with Crippen molar-refractivity contribution in [1.82, 2.24) is 9.88 Å². The van der Waals surface area contributed by atoms with Crippen LogP contribution in [0.5, 0.6) is 0 Å². The molecule has 1 aliphatic heterocycles. The molecule has 1 saturated carbocycles. The fourth-order valence-corrected chi connectivity index (χ4v) is 4.38. The minimum atomic E-state index is -0.243. The molecule has 0 atom stereocenters. The molecule has 1 aromatic heterocycles. The number of nitrogens with zero attached hydrogens (tertiary/aromatic N) is 2. The zero-order chi connectivity index (χ0) is 17.9. The van der Waals surface area contributed by atoms with E-state index in [1.54, 1.807) is 6.07 Å². The number of halogens is 2.